The molecule has 0 aliphatic carbocycles. The van der Waals surface area contributed by atoms with E-state index in [0.717, 1.165) is 43.0 Å². The minimum Gasteiger partial charge on any atom is -0.353 e. The van der Waals surface area contributed by atoms with E-state index in [9.17, 15) is 4.79 Å². The second-order valence-electron chi connectivity index (χ2n) is 6.13. The van der Waals surface area contributed by atoms with Crippen molar-refractivity contribution in [3.63, 3.8) is 0 Å². The number of carbonyl (C=O) groups is 1. The van der Waals surface area contributed by atoms with Crippen molar-refractivity contribution in [1.29, 1.82) is 0 Å². The zero-order chi connectivity index (χ0) is 16.4. The molecule has 1 atom stereocenters. The van der Waals surface area contributed by atoms with Gasteiger partial charge < -0.3 is 10.2 Å². The summed E-state index contributed by atoms with van der Waals surface area (Å²) in [6.07, 6.45) is 5.31. The summed E-state index contributed by atoms with van der Waals surface area (Å²) in [6.45, 7) is 5.69. The van der Waals surface area contributed by atoms with Crippen LogP contribution in [0.1, 0.15) is 34.5 Å². The average molecular weight is 314 g/mol. The van der Waals surface area contributed by atoms with E-state index in [1.54, 1.807) is 24.1 Å². The monoisotopic (exact) mass is 314 g/mol. The summed E-state index contributed by atoms with van der Waals surface area (Å²) < 4.78 is 1.63. The van der Waals surface area contributed by atoms with Gasteiger partial charge >= 0.3 is 0 Å². The fourth-order valence-corrected chi connectivity index (χ4v) is 2.80. The van der Waals surface area contributed by atoms with E-state index in [-0.39, 0.29) is 11.9 Å². The molecule has 23 heavy (non-hydrogen) atoms. The van der Waals surface area contributed by atoms with E-state index in [1.165, 1.54) is 0 Å². The molecular formula is C16H22N6O. The first-order valence-corrected chi connectivity index (χ1v) is 7.88. The van der Waals surface area contributed by atoms with Gasteiger partial charge in [-0.2, -0.15) is 10.2 Å². The summed E-state index contributed by atoms with van der Waals surface area (Å²) in [5.74, 6) is 0.810. The van der Waals surface area contributed by atoms with Gasteiger partial charge in [0.25, 0.3) is 5.91 Å². The van der Waals surface area contributed by atoms with Crippen LogP contribution in [0.15, 0.2) is 18.5 Å². The minimum absolute atomic E-state index is 0.0730. The van der Waals surface area contributed by atoms with Crippen molar-refractivity contribution in [3.8, 4) is 0 Å². The Morgan fingerprint density at radius 2 is 2.17 bits per heavy atom. The van der Waals surface area contributed by atoms with E-state index in [0.29, 0.717) is 5.56 Å². The van der Waals surface area contributed by atoms with Gasteiger partial charge in [-0.1, -0.05) is 0 Å². The maximum Gasteiger partial charge on any atom is 0.254 e. The predicted molar refractivity (Wildman–Crippen MR) is 87.4 cm³/mol. The summed E-state index contributed by atoms with van der Waals surface area (Å²) >= 11 is 0. The molecule has 3 heterocycles. The van der Waals surface area contributed by atoms with Gasteiger partial charge in [-0.05, 0) is 38.3 Å². The summed E-state index contributed by atoms with van der Waals surface area (Å²) in [5, 5.41) is 15.6. The Labute approximate surface area is 135 Å². The number of hydrogen-bond acceptors (Lipinski definition) is 5. The first-order valence-electron chi connectivity index (χ1n) is 7.88. The zero-order valence-corrected chi connectivity index (χ0v) is 13.8. The maximum atomic E-state index is 12.3. The number of rotatable bonds is 3. The molecule has 0 radical (unpaired) electrons. The maximum absolute atomic E-state index is 12.3. The fraction of sp³-hybridized carbons (Fsp3) is 0.500. The predicted octanol–water partition coefficient (Wildman–Crippen LogP) is 1.23. The van der Waals surface area contributed by atoms with Gasteiger partial charge in [0.1, 0.15) is 0 Å². The smallest absolute Gasteiger partial charge is 0.254 e. The SMILES string of the molecule is Cc1cc(N2CCCC(NC(=O)c3cnn(C)c3)C2)nnc1C. The molecule has 7 heteroatoms. The molecule has 1 saturated heterocycles. The lowest BCUT2D eigenvalue weighted by Gasteiger charge is -2.33. The zero-order valence-electron chi connectivity index (χ0n) is 13.8. The molecule has 0 spiro atoms. The first-order chi connectivity index (χ1) is 11.0. The normalized spacial score (nSPS) is 18.0. The van der Waals surface area contributed by atoms with Crippen molar-refractivity contribution in [2.24, 2.45) is 7.05 Å². The Bertz CT molecular complexity index is 710. The molecule has 7 nitrogen and oxygen atoms in total. The van der Waals surface area contributed by atoms with E-state index in [1.807, 2.05) is 13.8 Å². The van der Waals surface area contributed by atoms with Crippen LogP contribution in [0.25, 0.3) is 0 Å². The molecular weight excluding hydrogens is 292 g/mol. The van der Waals surface area contributed by atoms with Crippen molar-refractivity contribution in [1.82, 2.24) is 25.3 Å². The largest absolute Gasteiger partial charge is 0.353 e. The van der Waals surface area contributed by atoms with Crippen molar-refractivity contribution >= 4 is 11.7 Å². The Hall–Kier alpha value is -2.44. The van der Waals surface area contributed by atoms with Crippen molar-refractivity contribution in [3.05, 3.63) is 35.3 Å². The third kappa shape index (κ3) is 3.49. The van der Waals surface area contributed by atoms with Crippen LogP contribution < -0.4 is 10.2 Å². The average Bonchev–Trinajstić information content (AvgIpc) is 2.97. The molecule has 1 unspecified atom stereocenters. The van der Waals surface area contributed by atoms with Crippen LogP contribution in [-0.2, 0) is 7.05 Å². The standard InChI is InChI=1S/C16H22N6O/c1-11-7-15(20-19-12(11)2)22-6-4-5-14(10-22)18-16(23)13-8-17-21(3)9-13/h7-9,14H,4-6,10H2,1-3H3,(H,18,23). The second-order valence-corrected chi connectivity index (χ2v) is 6.13. The highest BCUT2D eigenvalue weighted by Gasteiger charge is 2.23. The molecule has 1 fully saturated rings. The third-order valence-corrected chi connectivity index (χ3v) is 4.27. The van der Waals surface area contributed by atoms with Crippen molar-refractivity contribution in [2.75, 3.05) is 18.0 Å². The van der Waals surface area contributed by atoms with Gasteiger partial charge in [0.15, 0.2) is 5.82 Å². The van der Waals surface area contributed by atoms with Crippen molar-refractivity contribution < 1.29 is 4.79 Å². The van der Waals surface area contributed by atoms with Gasteiger partial charge in [0.2, 0.25) is 0 Å². The molecule has 3 rings (SSSR count). The molecule has 1 N–H and O–H groups in total. The quantitative estimate of drug-likeness (QED) is 0.922. The highest BCUT2D eigenvalue weighted by molar-refractivity contribution is 5.93. The van der Waals surface area contributed by atoms with Crippen LogP contribution in [0.5, 0.6) is 0 Å². The van der Waals surface area contributed by atoms with Crippen LogP contribution in [0.2, 0.25) is 0 Å². The molecule has 122 valence electrons. The van der Waals surface area contributed by atoms with Crippen LogP contribution in [0.3, 0.4) is 0 Å². The van der Waals surface area contributed by atoms with Crippen LogP contribution in [0.4, 0.5) is 5.82 Å². The molecule has 1 aliphatic rings. The van der Waals surface area contributed by atoms with Gasteiger partial charge in [0, 0.05) is 32.4 Å². The molecule has 1 amide bonds. The number of carbonyl (C=O) groups excluding carboxylic acids is 1. The number of nitrogens with one attached hydrogen (secondary N) is 1. The Morgan fingerprint density at radius 3 is 2.87 bits per heavy atom. The van der Waals surface area contributed by atoms with E-state index in [2.05, 4.69) is 31.6 Å². The van der Waals surface area contributed by atoms with Gasteiger partial charge in [-0.3, -0.25) is 9.48 Å². The number of piperidine rings is 1. The Kier molecular flexibility index (Phi) is 4.27. The lowest BCUT2D eigenvalue weighted by atomic mass is 10.1. The summed E-state index contributed by atoms with van der Waals surface area (Å²) in [5.41, 5.74) is 2.68. The third-order valence-electron chi connectivity index (χ3n) is 4.27. The lowest BCUT2D eigenvalue weighted by molar-refractivity contribution is 0.0933. The second kappa shape index (κ2) is 6.36. The lowest BCUT2D eigenvalue weighted by Crippen LogP contribution is -2.48. The molecule has 2 aromatic rings. The number of aryl methyl sites for hydroxylation is 3. The van der Waals surface area contributed by atoms with Gasteiger partial charge in [-0.15, -0.1) is 5.10 Å². The summed E-state index contributed by atoms with van der Waals surface area (Å²) in [4.78, 5) is 14.4. The topological polar surface area (TPSA) is 75.9 Å². The number of amides is 1. The molecule has 2 aromatic heterocycles. The number of anilines is 1. The number of hydrogen-bond donors (Lipinski definition) is 1. The molecule has 0 saturated carbocycles. The Balaban J connectivity index is 1.66. The summed E-state index contributed by atoms with van der Waals surface area (Å²) in [6, 6.07) is 2.17. The first kappa shape index (κ1) is 15.5. The highest BCUT2D eigenvalue weighted by Crippen LogP contribution is 2.19. The van der Waals surface area contributed by atoms with Crippen LogP contribution in [-0.4, -0.2) is 45.0 Å². The fourth-order valence-electron chi connectivity index (χ4n) is 2.80. The van der Waals surface area contributed by atoms with Crippen LogP contribution >= 0.6 is 0 Å². The molecule has 1 aliphatic heterocycles. The number of aromatic nitrogens is 4. The van der Waals surface area contributed by atoms with E-state index >= 15 is 0 Å². The van der Waals surface area contributed by atoms with Gasteiger partial charge in [0.05, 0.1) is 17.5 Å². The molecule has 0 aromatic carbocycles. The van der Waals surface area contributed by atoms with Crippen LogP contribution in [0, 0.1) is 13.8 Å². The van der Waals surface area contributed by atoms with E-state index < -0.39 is 0 Å². The summed E-state index contributed by atoms with van der Waals surface area (Å²) in [7, 11) is 1.80. The Morgan fingerprint density at radius 1 is 1.35 bits per heavy atom. The molecule has 0 bridgehead atoms. The number of nitrogens with zero attached hydrogens (tertiary/aromatic N) is 5. The highest BCUT2D eigenvalue weighted by atomic mass is 16.1. The van der Waals surface area contributed by atoms with Gasteiger partial charge in [-0.25, -0.2) is 0 Å². The van der Waals surface area contributed by atoms with Crippen molar-refractivity contribution in [2.45, 2.75) is 32.7 Å². The van der Waals surface area contributed by atoms with E-state index in [4.69, 9.17) is 0 Å². The minimum atomic E-state index is -0.0730.